The number of nitrogens with one attached hydrogen (secondary N) is 1. The van der Waals surface area contributed by atoms with Crippen molar-refractivity contribution < 1.29 is 17.9 Å². The van der Waals surface area contributed by atoms with Crippen LogP contribution < -0.4 is 19.9 Å². The molecule has 3 N–H and O–H groups in total. The van der Waals surface area contributed by atoms with E-state index in [-0.39, 0.29) is 4.99 Å². The summed E-state index contributed by atoms with van der Waals surface area (Å²) in [6, 6.07) is 4.81. The standard InChI is InChI=1S/C11H14N2O4S2/c1-7(11(12)18)19(14,15)13-8-2-3-9-10(6-8)17-5-4-16-9/h2-3,6-7,13H,4-5H2,1H3,(H2,12,18). The van der Waals surface area contributed by atoms with Gasteiger partial charge in [0.25, 0.3) is 0 Å². The fourth-order valence-electron chi connectivity index (χ4n) is 1.51. The minimum absolute atomic E-state index is 0.0787. The van der Waals surface area contributed by atoms with Gasteiger partial charge in [0.05, 0.1) is 10.7 Å². The number of rotatable bonds is 4. The van der Waals surface area contributed by atoms with Crippen molar-refractivity contribution >= 4 is 32.9 Å². The Kier molecular flexibility index (Phi) is 3.81. The smallest absolute Gasteiger partial charge is 0.241 e. The van der Waals surface area contributed by atoms with Crippen LogP contribution in [0.2, 0.25) is 0 Å². The average molecular weight is 302 g/mol. The zero-order valence-corrected chi connectivity index (χ0v) is 11.9. The predicted octanol–water partition coefficient (Wildman–Crippen LogP) is 0.874. The highest BCUT2D eigenvalue weighted by Crippen LogP contribution is 2.33. The van der Waals surface area contributed by atoms with E-state index in [9.17, 15) is 8.42 Å². The monoisotopic (exact) mass is 302 g/mol. The van der Waals surface area contributed by atoms with E-state index in [1.165, 1.54) is 6.92 Å². The van der Waals surface area contributed by atoms with Gasteiger partial charge in [-0.2, -0.15) is 0 Å². The maximum Gasteiger partial charge on any atom is 0.241 e. The van der Waals surface area contributed by atoms with Crippen LogP contribution in [0.15, 0.2) is 18.2 Å². The molecule has 1 aliphatic rings. The van der Waals surface area contributed by atoms with Crippen LogP contribution >= 0.6 is 12.2 Å². The van der Waals surface area contributed by atoms with Crippen molar-refractivity contribution in [1.29, 1.82) is 0 Å². The Morgan fingerprint density at radius 2 is 2.00 bits per heavy atom. The van der Waals surface area contributed by atoms with Gasteiger partial charge in [-0.1, -0.05) is 12.2 Å². The number of sulfonamides is 1. The van der Waals surface area contributed by atoms with Crippen LogP contribution in [0.25, 0.3) is 0 Å². The molecular weight excluding hydrogens is 288 g/mol. The largest absolute Gasteiger partial charge is 0.486 e. The number of hydrogen-bond donors (Lipinski definition) is 2. The van der Waals surface area contributed by atoms with Crippen molar-refractivity contribution in [3.05, 3.63) is 18.2 Å². The minimum atomic E-state index is -3.65. The molecule has 2 rings (SSSR count). The first-order chi connectivity index (χ1) is 8.90. The molecule has 19 heavy (non-hydrogen) atoms. The fourth-order valence-corrected chi connectivity index (χ4v) is 2.83. The summed E-state index contributed by atoms with van der Waals surface area (Å²) < 4.78 is 37.1. The predicted molar refractivity (Wildman–Crippen MR) is 76.2 cm³/mol. The van der Waals surface area contributed by atoms with E-state index >= 15 is 0 Å². The number of ether oxygens (including phenoxy) is 2. The van der Waals surface area contributed by atoms with Crippen molar-refractivity contribution in [3.63, 3.8) is 0 Å². The fraction of sp³-hybridized carbons (Fsp3) is 0.364. The maximum atomic E-state index is 12.0. The highest BCUT2D eigenvalue weighted by molar-refractivity contribution is 7.95. The summed E-state index contributed by atoms with van der Waals surface area (Å²) in [5, 5.41) is -0.948. The van der Waals surface area contributed by atoms with Crippen LogP contribution in [0.1, 0.15) is 6.92 Å². The molecule has 6 nitrogen and oxygen atoms in total. The topological polar surface area (TPSA) is 90.7 Å². The number of benzene rings is 1. The number of nitrogens with two attached hydrogens (primary N) is 1. The molecular formula is C11H14N2O4S2. The molecule has 0 amide bonds. The van der Waals surface area contributed by atoms with Gasteiger partial charge in [0, 0.05) is 6.07 Å². The summed E-state index contributed by atoms with van der Waals surface area (Å²) in [5.74, 6) is 1.10. The van der Waals surface area contributed by atoms with Crippen molar-refractivity contribution in [1.82, 2.24) is 0 Å². The first-order valence-corrected chi connectivity index (χ1v) is 7.56. The highest BCUT2D eigenvalue weighted by atomic mass is 32.2. The molecule has 1 unspecified atom stereocenters. The Labute approximate surface area is 116 Å². The third kappa shape index (κ3) is 3.07. The summed E-state index contributed by atoms with van der Waals surface area (Å²) in [6.07, 6.45) is 0. The molecule has 0 spiro atoms. The van der Waals surface area contributed by atoms with E-state index in [1.807, 2.05) is 0 Å². The SMILES string of the molecule is CC(C(N)=S)S(=O)(=O)Nc1ccc2c(c1)OCCO2. The van der Waals surface area contributed by atoms with Crippen molar-refractivity contribution in [3.8, 4) is 11.5 Å². The number of anilines is 1. The van der Waals surface area contributed by atoms with E-state index in [0.717, 1.165) is 0 Å². The molecule has 104 valence electrons. The molecule has 1 aromatic carbocycles. The molecule has 1 heterocycles. The van der Waals surface area contributed by atoms with E-state index in [2.05, 4.69) is 4.72 Å². The molecule has 0 radical (unpaired) electrons. The lowest BCUT2D eigenvalue weighted by molar-refractivity contribution is 0.171. The van der Waals surface area contributed by atoms with Gasteiger partial charge in [-0.05, 0) is 19.1 Å². The zero-order valence-electron chi connectivity index (χ0n) is 10.3. The molecule has 0 fully saturated rings. The summed E-state index contributed by atoms with van der Waals surface area (Å²) in [5.41, 5.74) is 5.74. The molecule has 0 aliphatic carbocycles. The van der Waals surface area contributed by atoms with E-state index in [0.29, 0.717) is 30.4 Å². The Bertz CT molecular complexity index is 601. The van der Waals surface area contributed by atoms with Gasteiger partial charge in [-0.25, -0.2) is 8.42 Å². The molecule has 1 aliphatic heterocycles. The van der Waals surface area contributed by atoms with E-state index < -0.39 is 15.3 Å². The first kappa shape index (κ1) is 13.9. The van der Waals surface area contributed by atoms with Crippen LogP contribution in [0, 0.1) is 0 Å². The van der Waals surface area contributed by atoms with Gasteiger partial charge in [-0.3, -0.25) is 4.72 Å². The van der Waals surface area contributed by atoms with E-state index in [4.69, 9.17) is 27.4 Å². The summed E-state index contributed by atoms with van der Waals surface area (Å²) in [4.78, 5) is -0.0787. The van der Waals surface area contributed by atoms with Gasteiger partial charge in [0.1, 0.15) is 18.5 Å². The lowest BCUT2D eigenvalue weighted by Crippen LogP contribution is -2.35. The zero-order chi connectivity index (χ0) is 14.0. The molecule has 0 aromatic heterocycles. The van der Waals surface area contributed by atoms with Crippen LogP contribution in [0.5, 0.6) is 11.5 Å². The van der Waals surface area contributed by atoms with Gasteiger partial charge in [-0.15, -0.1) is 0 Å². The summed E-state index contributed by atoms with van der Waals surface area (Å²) in [6.45, 7) is 2.35. The third-order valence-electron chi connectivity index (χ3n) is 2.67. The second-order valence-electron chi connectivity index (χ2n) is 4.05. The number of hydrogen-bond acceptors (Lipinski definition) is 5. The Hall–Kier alpha value is -1.54. The van der Waals surface area contributed by atoms with Crippen molar-refractivity contribution in [2.75, 3.05) is 17.9 Å². The summed E-state index contributed by atoms with van der Waals surface area (Å²) in [7, 11) is -3.65. The van der Waals surface area contributed by atoms with Crippen LogP contribution in [-0.4, -0.2) is 31.9 Å². The van der Waals surface area contributed by atoms with Crippen molar-refractivity contribution in [2.24, 2.45) is 5.73 Å². The van der Waals surface area contributed by atoms with Gasteiger partial charge >= 0.3 is 0 Å². The molecule has 1 atom stereocenters. The van der Waals surface area contributed by atoms with Crippen molar-refractivity contribution in [2.45, 2.75) is 12.2 Å². The van der Waals surface area contributed by atoms with Crippen LogP contribution in [0.3, 0.4) is 0 Å². The Balaban J connectivity index is 2.22. The Morgan fingerprint density at radius 1 is 1.37 bits per heavy atom. The molecule has 0 saturated carbocycles. The number of fused-ring (bicyclic) bond motifs is 1. The third-order valence-corrected chi connectivity index (χ3v) is 4.88. The molecule has 8 heteroatoms. The minimum Gasteiger partial charge on any atom is -0.486 e. The van der Waals surface area contributed by atoms with Crippen LogP contribution in [-0.2, 0) is 10.0 Å². The Morgan fingerprint density at radius 3 is 2.63 bits per heavy atom. The lowest BCUT2D eigenvalue weighted by atomic mass is 10.3. The lowest BCUT2D eigenvalue weighted by Gasteiger charge is -2.20. The first-order valence-electron chi connectivity index (χ1n) is 5.61. The van der Waals surface area contributed by atoms with E-state index in [1.54, 1.807) is 18.2 Å². The maximum absolute atomic E-state index is 12.0. The second kappa shape index (κ2) is 5.22. The summed E-state index contributed by atoms with van der Waals surface area (Å²) >= 11 is 4.69. The number of thiocarbonyl (C=S) groups is 1. The molecule has 1 aromatic rings. The van der Waals surface area contributed by atoms with Gasteiger partial charge in [0.15, 0.2) is 11.5 Å². The highest BCUT2D eigenvalue weighted by Gasteiger charge is 2.24. The van der Waals surface area contributed by atoms with Crippen LogP contribution in [0.4, 0.5) is 5.69 Å². The average Bonchev–Trinajstić information content (AvgIpc) is 2.37. The van der Waals surface area contributed by atoms with Gasteiger partial charge in [0.2, 0.25) is 10.0 Å². The molecule has 0 saturated heterocycles. The normalized spacial score (nSPS) is 15.6. The second-order valence-corrected chi connectivity index (χ2v) is 6.52. The van der Waals surface area contributed by atoms with Gasteiger partial charge < -0.3 is 15.2 Å². The quantitative estimate of drug-likeness (QED) is 0.802. The molecule has 0 bridgehead atoms.